The largest absolute Gasteiger partial charge is 0.481 e. The molecule has 0 bridgehead atoms. The van der Waals surface area contributed by atoms with E-state index < -0.39 is 5.91 Å². The van der Waals surface area contributed by atoms with Gasteiger partial charge in [-0.3, -0.25) is 4.79 Å². The number of hydrogen-bond acceptors (Lipinski definition) is 5. The Balaban J connectivity index is 2.11. The fourth-order valence-corrected chi connectivity index (χ4v) is 3.62. The van der Waals surface area contributed by atoms with Gasteiger partial charge in [0.25, 0.3) is 5.91 Å². The number of amides is 1. The van der Waals surface area contributed by atoms with Gasteiger partial charge >= 0.3 is 0 Å². The number of ether oxygens (including phenoxy) is 1. The molecule has 0 spiro atoms. The third-order valence-electron chi connectivity index (χ3n) is 4.66. The summed E-state index contributed by atoms with van der Waals surface area (Å²) in [7, 11) is 1.58. The van der Waals surface area contributed by atoms with Crippen LogP contribution in [0.25, 0.3) is 11.4 Å². The van der Waals surface area contributed by atoms with Crippen LogP contribution in [0.3, 0.4) is 0 Å². The van der Waals surface area contributed by atoms with Crippen molar-refractivity contribution in [3.63, 3.8) is 0 Å². The fraction of sp³-hybridized carbons (Fsp3) is 0.421. The highest BCUT2D eigenvalue weighted by Crippen LogP contribution is 2.38. The van der Waals surface area contributed by atoms with Gasteiger partial charge in [0.1, 0.15) is 5.82 Å². The SMILES string of the molecule is COc1cccc(-c2ccc(C(N)=O)c(N3C[C@@H](C)CC3(C)C)n2)n1. The molecule has 0 aliphatic carbocycles. The van der Waals surface area contributed by atoms with Crippen molar-refractivity contribution in [1.29, 1.82) is 0 Å². The molecular weight excluding hydrogens is 316 g/mol. The number of nitrogens with two attached hydrogens (primary N) is 1. The summed E-state index contributed by atoms with van der Waals surface area (Å²) in [5.74, 6) is 1.21. The van der Waals surface area contributed by atoms with E-state index in [-0.39, 0.29) is 5.54 Å². The van der Waals surface area contributed by atoms with Gasteiger partial charge < -0.3 is 15.4 Å². The van der Waals surface area contributed by atoms with Crippen molar-refractivity contribution in [2.75, 3.05) is 18.6 Å². The van der Waals surface area contributed by atoms with E-state index in [0.29, 0.717) is 34.6 Å². The molecule has 1 aliphatic heterocycles. The highest BCUT2D eigenvalue weighted by molar-refractivity contribution is 5.98. The van der Waals surface area contributed by atoms with Crippen molar-refractivity contribution in [2.24, 2.45) is 11.7 Å². The molecule has 2 aromatic rings. The van der Waals surface area contributed by atoms with E-state index in [9.17, 15) is 4.79 Å². The van der Waals surface area contributed by atoms with Gasteiger partial charge in [-0.25, -0.2) is 9.97 Å². The average Bonchev–Trinajstić information content (AvgIpc) is 2.86. The summed E-state index contributed by atoms with van der Waals surface area (Å²) in [6.07, 6.45) is 1.04. The number of aromatic nitrogens is 2. The maximum atomic E-state index is 11.9. The maximum absolute atomic E-state index is 11.9. The lowest BCUT2D eigenvalue weighted by molar-refractivity contribution is 0.100. The number of nitrogens with zero attached hydrogens (tertiary/aromatic N) is 3. The summed E-state index contributed by atoms with van der Waals surface area (Å²) in [4.78, 5) is 23.3. The normalized spacial score (nSPS) is 19.0. The van der Waals surface area contributed by atoms with E-state index in [0.717, 1.165) is 13.0 Å². The van der Waals surface area contributed by atoms with Crippen LogP contribution in [0.15, 0.2) is 30.3 Å². The topological polar surface area (TPSA) is 81.3 Å². The van der Waals surface area contributed by atoms with E-state index in [1.54, 1.807) is 25.3 Å². The first kappa shape index (κ1) is 17.2. The molecule has 1 atom stereocenters. The standard InChI is InChI=1S/C19H24N4O2/c1-12-10-19(2,3)23(11-12)18-13(17(20)24)8-9-15(22-18)14-6-5-7-16(21-14)25-4/h5-9,12H,10-11H2,1-4H3,(H2,20,24)/t12-/m0/s1. The molecule has 1 amide bonds. The number of carbonyl (C=O) groups excluding carboxylic acids is 1. The van der Waals surface area contributed by atoms with Gasteiger partial charge in [-0.05, 0) is 44.4 Å². The van der Waals surface area contributed by atoms with Gasteiger partial charge in [0.15, 0.2) is 0 Å². The molecule has 0 radical (unpaired) electrons. The first-order valence-corrected chi connectivity index (χ1v) is 8.42. The van der Waals surface area contributed by atoms with E-state index in [1.165, 1.54) is 0 Å². The second-order valence-corrected chi connectivity index (χ2v) is 7.23. The molecule has 1 fully saturated rings. The number of carbonyl (C=O) groups is 1. The molecule has 3 heterocycles. The zero-order chi connectivity index (χ0) is 18.2. The molecule has 6 heteroatoms. The molecule has 2 aromatic heterocycles. The summed E-state index contributed by atoms with van der Waals surface area (Å²) >= 11 is 0. The number of pyridine rings is 2. The number of rotatable bonds is 4. The number of anilines is 1. The second kappa shape index (κ2) is 6.35. The molecule has 6 nitrogen and oxygen atoms in total. The predicted octanol–water partition coefficient (Wildman–Crippen LogP) is 2.88. The Bertz CT molecular complexity index is 804. The Morgan fingerprint density at radius 3 is 2.56 bits per heavy atom. The molecule has 2 N–H and O–H groups in total. The van der Waals surface area contributed by atoms with Gasteiger partial charge in [-0.1, -0.05) is 13.0 Å². The molecule has 0 unspecified atom stereocenters. The van der Waals surface area contributed by atoms with E-state index >= 15 is 0 Å². The first-order valence-electron chi connectivity index (χ1n) is 8.42. The number of hydrogen-bond donors (Lipinski definition) is 1. The second-order valence-electron chi connectivity index (χ2n) is 7.23. The Morgan fingerprint density at radius 2 is 1.96 bits per heavy atom. The Kier molecular flexibility index (Phi) is 4.37. The van der Waals surface area contributed by atoms with Crippen LogP contribution in [0.1, 0.15) is 37.6 Å². The highest BCUT2D eigenvalue weighted by atomic mass is 16.5. The lowest BCUT2D eigenvalue weighted by Gasteiger charge is -2.33. The Labute approximate surface area is 148 Å². The van der Waals surface area contributed by atoms with Crippen molar-refractivity contribution in [1.82, 2.24) is 9.97 Å². The zero-order valence-corrected chi connectivity index (χ0v) is 15.1. The van der Waals surface area contributed by atoms with E-state index in [1.807, 2.05) is 12.1 Å². The van der Waals surface area contributed by atoms with E-state index in [4.69, 9.17) is 15.5 Å². The lowest BCUT2D eigenvalue weighted by Crippen LogP contribution is -2.40. The summed E-state index contributed by atoms with van der Waals surface area (Å²) in [6, 6.07) is 9.04. The summed E-state index contributed by atoms with van der Waals surface area (Å²) < 4.78 is 5.19. The van der Waals surface area contributed by atoms with Crippen LogP contribution in [-0.4, -0.2) is 35.1 Å². The molecule has 0 saturated carbocycles. The van der Waals surface area contributed by atoms with Crippen molar-refractivity contribution >= 4 is 11.7 Å². The van der Waals surface area contributed by atoms with Crippen molar-refractivity contribution in [3.8, 4) is 17.3 Å². The third-order valence-corrected chi connectivity index (χ3v) is 4.66. The minimum atomic E-state index is -0.469. The summed E-state index contributed by atoms with van der Waals surface area (Å²) in [6.45, 7) is 7.38. The third kappa shape index (κ3) is 3.29. The molecule has 132 valence electrons. The van der Waals surface area contributed by atoms with Crippen LogP contribution in [0.2, 0.25) is 0 Å². The zero-order valence-electron chi connectivity index (χ0n) is 15.1. The van der Waals surface area contributed by atoms with Crippen LogP contribution in [0.5, 0.6) is 5.88 Å². The minimum absolute atomic E-state index is 0.0863. The molecule has 25 heavy (non-hydrogen) atoms. The summed E-state index contributed by atoms with van der Waals surface area (Å²) in [5, 5.41) is 0. The van der Waals surface area contributed by atoms with Gasteiger partial charge in [0.2, 0.25) is 5.88 Å². The fourth-order valence-electron chi connectivity index (χ4n) is 3.62. The van der Waals surface area contributed by atoms with Crippen LogP contribution >= 0.6 is 0 Å². The quantitative estimate of drug-likeness (QED) is 0.925. The smallest absolute Gasteiger partial charge is 0.252 e. The maximum Gasteiger partial charge on any atom is 0.252 e. The van der Waals surface area contributed by atoms with Gasteiger partial charge in [-0.2, -0.15) is 0 Å². The van der Waals surface area contributed by atoms with Crippen molar-refractivity contribution < 1.29 is 9.53 Å². The van der Waals surface area contributed by atoms with Crippen LogP contribution in [-0.2, 0) is 0 Å². The molecule has 1 aliphatic rings. The van der Waals surface area contributed by atoms with Crippen LogP contribution in [0, 0.1) is 5.92 Å². The van der Waals surface area contributed by atoms with Crippen LogP contribution in [0.4, 0.5) is 5.82 Å². The van der Waals surface area contributed by atoms with Gasteiger partial charge in [0, 0.05) is 18.2 Å². The minimum Gasteiger partial charge on any atom is -0.481 e. The lowest BCUT2D eigenvalue weighted by atomic mass is 9.97. The van der Waals surface area contributed by atoms with Gasteiger partial charge in [-0.15, -0.1) is 0 Å². The Hall–Kier alpha value is -2.63. The Morgan fingerprint density at radius 1 is 1.24 bits per heavy atom. The molecular formula is C19H24N4O2. The van der Waals surface area contributed by atoms with E-state index in [2.05, 4.69) is 30.7 Å². The van der Waals surface area contributed by atoms with Crippen molar-refractivity contribution in [3.05, 3.63) is 35.9 Å². The van der Waals surface area contributed by atoms with Crippen LogP contribution < -0.4 is 15.4 Å². The van der Waals surface area contributed by atoms with Gasteiger partial charge in [0.05, 0.1) is 24.1 Å². The molecule has 0 aromatic carbocycles. The number of methoxy groups -OCH3 is 1. The molecule has 1 saturated heterocycles. The average molecular weight is 340 g/mol. The van der Waals surface area contributed by atoms with Crippen molar-refractivity contribution in [2.45, 2.75) is 32.7 Å². The predicted molar refractivity (Wildman–Crippen MR) is 97.7 cm³/mol. The summed E-state index contributed by atoms with van der Waals surface area (Å²) in [5.41, 5.74) is 7.34. The monoisotopic (exact) mass is 340 g/mol. The highest BCUT2D eigenvalue weighted by Gasteiger charge is 2.38. The number of primary amides is 1. The first-order chi connectivity index (χ1) is 11.8. The molecule has 3 rings (SSSR count).